The second-order valence-electron chi connectivity index (χ2n) is 13.6. The zero-order valence-electron chi connectivity index (χ0n) is 29.8. The Morgan fingerprint density at radius 3 is 1.74 bits per heavy atom. The highest BCUT2D eigenvalue weighted by Gasteiger charge is 2.28. The van der Waals surface area contributed by atoms with E-state index in [1.54, 1.807) is 68.4 Å². The number of hydrogen-bond acceptors (Lipinski definition) is 11. The Kier molecular flexibility index (Phi) is 10.4. The number of nitrogens with zero attached hydrogens (tertiary/aromatic N) is 6. The maximum Gasteiger partial charge on any atom is 0.407 e. The number of ether oxygens (including phenoxy) is 1. The van der Waals surface area contributed by atoms with Crippen molar-refractivity contribution in [1.82, 2.24) is 25.3 Å². The summed E-state index contributed by atoms with van der Waals surface area (Å²) in [5, 5.41) is 24.4. The SMILES string of the molecule is CC(C)OC(=O)N[C@@H]1CCN(c2nc(-c3ccccc3O)nc3ccc(F)cc23)C1.N[C@@H]1CCN(c2nc(-c3ccccc3O)nc3ccc(F)cc23)C1. The molecule has 6 aromatic rings. The van der Waals surface area contributed by atoms with Crippen molar-refractivity contribution >= 4 is 39.5 Å². The summed E-state index contributed by atoms with van der Waals surface area (Å²) in [5.41, 5.74) is 8.28. The maximum absolute atomic E-state index is 14.0. The number of carbonyl (C=O) groups is 1. The summed E-state index contributed by atoms with van der Waals surface area (Å²) in [6, 6.07) is 22.5. The largest absolute Gasteiger partial charge is 0.507 e. The molecule has 4 heterocycles. The molecule has 14 heteroatoms. The lowest BCUT2D eigenvalue weighted by Crippen LogP contribution is -2.38. The molecule has 2 atom stereocenters. The number of phenolic OH excluding ortho intramolecular Hbond substituents is 2. The van der Waals surface area contributed by atoms with Gasteiger partial charge in [0.2, 0.25) is 0 Å². The van der Waals surface area contributed by atoms with Gasteiger partial charge in [0.25, 0.3) is 0 Å². The smallest absolute Gasteiger partial charge is 0.407 e. The van der Waals surface area contributed by atoms with Gasteiger partial charge in [-0.3, -0.25) is 0 Å². The number of benzene rings is 4. The van der Waals surface area contributed by atoms with Crippen LogP contribution in [-0.2, 0) is 4.74 Å². The molecule has 2 aliphatic heterocycles. The van der Waals surface area contributed by atoms with Gasteiger partial charge in [-0.25, -0.2) is 33.5 Å². The molecule has 4 aromatic carbocycles. The zero-order chi connectivity index (χ0) is 37.9. The molecule has 54 heavy (non-hydrogen) atoms. The van der Waals surface area contributed by atoms with Gasteiger partial charge in [0.05, 0.1) is 34.3 Å². The van der Waals surface area contributed by atoms with E-state index < -0.39 is 6.09 Å². The van der Waals surface area contributed by atoms with Gasteiger partial charge in [-0.2, -0.15) is 0 Å². The summed E-state index contributed by atoms with van der Waals surface area (Å²) in [4.78, 5) is 34.3. The Hall–Kier alpha value is -6.15. The van der Waals surface area contributed by atoms with Gasteiger partial charge in [-0.15, -0.1) is 0 Å². The Morgan fingerprint density at radius 2 is 1.26 bits per heavy atom. The van der Waals surface area contributed by atoms with Crippen molar-refractivity contribution in [2.75, 3.05) is 36.0 Å². The maximum atomic E-state index is 14.0. The molecule has 0 bridgehead atoms. The summed E-state index contributed by atoms with van der Waals surface area (Å²) in [6.07, 6.45) is 0.926. The number of aromatic nitrogens is 4. The Labute approximate surface area is 310 Å². The first-order valence-corrected chi connectivity index (χ1v) is 17.8. The molecule has 0 radical (unpaired) electrons. The third-order valence-electron chi connectivity index (χ3n) is 9.24. The molecular weight excluding hydrogens is 694 g/mol. The van der Waals surface area contributed by atoms with Crippen molar-refractivity contribution in [3.63, 3.8) is 0 Å². The average Bonchev–Trinajstić information content (AvgIpc) is 3.80. The predicted molar refractivity (Wildman–Crippen MR) is 203 cm³/mol. The van der Waals surface area contributed by atoms with Gasteiger partial charge in [-0.05, 0) is 87.4 Å². The lowest BCUT2D eigenvalue weighted by atomic mass is 10.1. The Morgan fingerprint density at radius 1 is 0.759 bits per heavy atom. The lowest BCUT2D eigenvalue weighted by molar-refractivity contribution is 0.113. The summed E-state index contributed by atoms with van der Waals surface area (Å²) in [5.74, 6) is 1.49. The number of rotatable bonds is 6. The molecule has 278 valence electrons. The number of carbonyl (C=O) groups excluding carboxylic acids is 1. The molecule has 0 unspecified atom stereocenters. The van der Waals surface area contributed by atoms with E-state index in [0.29, 0.717) is 82.3 Å². The zero-order valence-corrected chi connectivity index (χ0v) is 29.8. The molecule has 2 saturated heterocycles. The fourth-order valence-electron chi connectivity index (χ4n) is 6.68. The van der Waals surface area contributed by atoms with Crippen LogP contribution in [0.25, 0.3) is 44.6 Å². The number of anilines is 2. The number of fused-ring (bicyclic) bond motifs is 2. The van der Waals surface area contributed by atoms with Gasteiger partial charge in [0.1, 0.15) is 34.8 Å². The van der Waals surface area contributed by atoms with E-state index in [9.17, 15) is 23.8 Å². The van der Waals surface area contributed by atoms with Gasteiger partial charge >= 0.3 is 6.09 Å². The molecule has 2 aliphatic rings. The van der Waals surface area contributed by atoms with Crippen molar-refractivity contribution in [3.8, 4) is 34.3 Å². The van der Waals surface area contributed by atoms with Crippen molar-refractivity contribution in [2.45, 2.75) is 44.9 Å². The standard InChI is InChI=1S/C22H23FN4O3.C18H17FN4O/c1-13(2)30-22(29)24-15-9-10-27(12-15)21-17-11-14(23)7-8-18(17)25-20(26-21)16-5-3-4-6-19(16)28;19-11-5-6-15-14(9-11)18(23-8-7-12(20)10-23)22-17(21-15)13-3-1-2-4-16(13)24/h3-8,11,13,15,28H,9-10,12H2,1-2H3,(H,24,29);1-6,9,12,24H,7-8,10,20H2/t15-;12-/m11/s1. The molecular formula is C40H40F2N8O4. The lowest BCUT2D eigenvalue weighted by Gasteiger charge is -2.21. The van der Waals surface area contributed by atoms with Crippen molar-refractivity contribution in [2.24, 2.45) is 5.73 Å². The third kappa shape index (κ3) is 7.93. The van der Waals surface area contributed by atoms with Crippen LogP contribution in [0.5, 0.6) is 11.5 Å². The van der Waals surface area contributed by atoms with Crippen LogP contribution < -0.4 is 20.9 Å². The van der Waals surface area contributed by atoms with E-state index >= 15 is 0 Å². The van der Waals surface area contributed by atoms with Crippen molar-refractivity contribution in [1.29, 1.82) is 0 Å². The monoisotopic (exact) mass is 734 g/mol. The van der Waals surface area contributed by atoms with Crippen LogP contribution in [0.3, 0.4) is 0 Å². The van der Waals surface area contributed by atoms with Gasteiger partial charge < -0.3 is 35.8 Å². The second-order valence-corrected chi connectivity index (χ2v) is 13.6. The minimum atomic E-state index is -0.453. The molecule has 0 spiro atoms. The highest BCUT2D eigenvalue weighted by Crippen LogP contribution is 2.35. The number of nitrogens with two attached hydrogens (primary N) is 1. The van der Waals surface area contributed by atoms with Crippen LogP contribution in [0.2, 0.25) is 0 Å². The number of para-hydroxylation sites is 2. The highest BCUT2D eigenvalue weighted by molar-refractivity contribution is 5.92. The molecule has 12 nitrogen and oxygen atoms in total. The molecule has 0 aliphatic carbocycles. The van der Waals surface area contributed by atoms with E-state index in [4.69, 9.17) is 10.5 Å². The third-order valence-corrected chi connectivity index (χ3v) is 9.24. The average molecular weight is 735 g/mol. The Bertz CT molecular complexity index is 2330. The summed E-state index contributed by atoms with van der Waals surface area (Å²) in [7, 11) is 0. The second kappa shape index (κ2) is 15.4. The van der Waals surface area contributed by atoms with Crippen LogP contribution >= 0.6 is 0 Å². The van der Waals surface area contributed by atoms with E-state index in [1.807, 2.05) is 11.0 Å². The first kappa shape index (κ1) is 36.2. The quantitative estimate of drug-likeness (QED) is 0.147. The van der Waals surface area contributed by atoms with Crippen molar-refractivity contribution in [3.05, 3.63) is 96.6 Å². The number of hydrogen-bond donors (Lipinski definition) is 4. The Balaban J connectivity index is 0.000000171. The minimum Gasteiger partial charge on any atom is -0.507 e. The summed E-state index contributed by atoms with van der Waals surface area (Å²) >= 11 is 0. The first-order chi connectivity index (χ1) is 26.0. The molecule has 5 N–H and O–H groups in total. The molecule has 0 saturated carbocycles. The van der Waals surface area contributed by atoms with Crippen LogP contribution in [-0.4, -0.2) is 80.6 Å². The van der Waals surface area contributed by atoms with Crippen molar-refractivity contribution < 1.29 is 28.5 Å². The number of phenols is 2. The van der Waals surface area contributed by atoms with E-state index in [2.05, 4.69) is 30.2 Å². The fourth-order valence-corrected chi connectivity index (χ4v) is 6.68. The van der Waals surface area contributed by atoms with E-state index in [0.717, 1.165) is 13.0 Å². The van der Waals surface area contributed by atoms with Crippen LogP contribution in [0.15, 0.2) is 84.9 Å². The predicted octanol–water partition coefficient (Wildman–Crippen LogP) is 6.53. The van der Waals surface area contributed by atoms with E-state index in [1.165, 1.54) is 24.3 Å². The molecule has 8 rings (SSSR count). The number of alkyl carbamates (subject to hydrolysis) is 1. The van der Waals surface area contributed by atoms with Crippen LogP contribution in [0.4, 0.5) is 25.2 Å². The number of aromatic hydroxyl groups is 2. The summed E-state index contributed by atoms with van der Waals surface area (Å²) < 4.78 is 32.9. The minimum absolute atomic E-state index is 0.0716. The highest BCUT2D eigenvalue weighted by atomic mass is 19.1. The number of halogens is 2. The molecule has 2 aromatic heterocycles. The molecule has 1 amide bonds. The fraction of sp³-hybridized carbons (Fsp3) is 0.275. The van der Waals surface area contributed by atoms with Crippen LogP contribution in [0.1, 0.15) is 26.7 Å². The number of nitrogens with one attached hydrogen (secondary N) is 1. The van der Waals surface area contributed by atoms with Gasteiger partial charge in [0.15, 0.2) is 11.6 Å². The topological polar surface area (TPSA) is 163 Å². The van der Waals surface area contributed by atoms with Gasteiger partial charge in [0, 0.05) is 43.0 Å². The first-order valence-electron chi connectivity index (χ1n) is 17.8. The van der Waals surface area contributed by atoms with Gasteiger partial charge in [-0.1, -0.05) is 24.3 Å². The molecule has 2 fully saturated rings. The normalized spacial score (nSPS) is 16.9. The number of amides is 1. The van der Waals surface area contributed by atoms with E-state index in [-0.39, 0.29) is 41.3 Å². The summed E-state index contributed by atoms with van der Waals surface area (Å²) in [6.45, 7) is 6.17. The van der Waals surface area contributed by atoms with Crippen LogP contribution in [0, 0.1) is 11.6 Å².